The van der Waals surface area contributed by atoms with Gasteiger partial charge in [-0.25, -0.2) is 8.42 Å². The fourth-order valence-corrected chi connectivity index (χ4v) is 4.10. The van der Waals surface area contributed by atoms with Gasteiger partial charge in [-0.05, 0) is 57.4 Å². The first-order valence-corrected chi connectivity index (χ1v) is 9.74. The van der Waals surface area contributed by atoms with Crippen LogP contribution in [-0.2, 0) is 10.0 Å². The standard InChI is InChI=1S/C19H26N2O4S/c1-15-5-11-19(12-6-15)26(23,24)21(14-17(22)13-20(2)3)16-7-9-18(25-4)10-8-16/h5-12,17,22H,13-14H2,1-4H3. The van der Waals surface area contributed by atoms with E-state index in [1.807, 2.05) is 25.9 Å². The van der Waals surface area contributed by atoms with Crippen LogP contribution in [0.15, 0.2) is 53.4 Å². The second kappa shape index (κ2) is 8.53. The maximum Gasteiger partial charge on any atom is 0.264 e. The van der Waals surface area contributed by atoms with Gasteiger partial charge in [-0.15, -0.1) is 0 Å². The van der Waals surface area contributed by atoms with Crippen molar-refractivity contribution in [2.75, 3.05) is 38.6 Å². The Balaban J connectivity index is 2.42. The molecule has 0 bridgehead atoms. The molecule has 142 valence electrons. The van der Waals surface area contributed by atoms with Gasteiger partial charge in [-0.3, -0.25) is 4.31 Å². The average molecular weight is 378 g/mol. The summed E-state index contributed by atoms with van der Waals surface area (Å²) in [6.07, 6.45) is -0.827. The Kier molecular flexibility index (Phi) is 6.63. The number of sulfonamides is 1. The van der Waals surface area contributed by atoms with Crippen LogP contribution in [-0.4, -0.2) is 58.8 Å². The van der Waals surface area contributed by atoms with Gasteiger partial charge in [-0.1, -0.05) is 17.7 Å². The molecule has 7 heteroatoms. The van der Waals surface area contributed by atoms with E-state index in [1.165, 1.54) is 4.31 Å². The van der Waals surface area contributed by atoms with Crippen molar-refractivity contribution in [3.63, 3.8) is 0 Å². The highest BCUT2D eigenvalue weighted by atomic mass is 32.2. The Labute approximate surface area is 155 Å². The molecule has 26 heavy (non-hydrogen) atoms. The number of nitrogens with zero attached hydrogens (tertiary/aromatic N) is 2. The van der Waals surface area contributed by atoms with E-state index >= 15 is 0 Å². The third kappa shape index (κ3) is 4.97. The predicted octanol–water partition coefficient (Wildman–Crippen LogP) is 2.12. The Bertz CT molecular complexity index is 802. The monoisotopic (exact) mass is 378 g/mol. The van der Waals surface area contributed by atoms with Gasteiger partial charge in [0.1, 0.15) is 5.75 Å². The van der Waals surface area contributed by atoms with Crippen LogP contribution in [0.1, 0.15) is 5.56 Å². The lowest BCUT2D eigenvalue weighted by Gasteiger charge is -2.28. The molecular weight excluding hydrogens is 352 g/mol. The van der Waals surface area contributed by atoms with E-state index in [4.69, 9.17) is 4.74 Å². The van der Waals surface area contributed by atoms with E-state index in [-0.39, 0.29) is 11.4 Å². The van der Waals surface area contributed by atoms with Crippen LogP contribution in [0.5, 0.6) is 5.75 Å². The zero-order valence-corrected chi connectivity index (χ0v) is 16.4. The number of hydrogen-bond acceptors (Lipinski definition) is 5. The first kappa shape index (κ1) is 20.2. The van der Waals surface area contributed by atoms with E-state index in [9.17, 15) is 13.5 Å². The molecule has 1 unspecified atom stereocenters. The number of ether oxygens (including phenoxy) is 1. The van der Waals surface area contributed by atoms with Crippen molar-refractivity contribution in [2.24, 2.45) is 0 Å². The van der Waals surface area contributed by atoms with Gasteiger partial charge in [0, 0.05) is 6.54 Å². The summed E-state index contributed by atoms with van der Waals surface area (Å²) < 4.78 is 32.8. The highest BCUT2D eigenvalue weighted by Crippen LogP contribution is 2.26. The maximum atomic E-state index is 13.2. The number of rotatable bonds is 8. The van der Waals surface area contributed by atoms with Crippen LogP contribution in [0.2, 0.25) is 0 Å². The second-order valence-corrected chi connectivity index (χ2v) is 8.33. The van der Waals surface area contributed by atoms with Crippen LogP contribution >= 0.6 is 0 Å². The van der Waals surface area contributed by atoms with Crippen molar-refractivity contribution < 1.29 is 18.3 Å². The maximum absolute atomic E-state index is 13.2. The van der Waals surface area contributed by atoms with E-state index in [1.54, 1.807) is 55.6 Å². The Morgan fingerprint density at radius 3 is 2.08 bits per heavy atom. The molecule has 0 fully saturated rings. The molecule has 0 aliphatic carbocycles. The zero-order chi connectivity index (χ0) is 19.3. The molecule has 0 aliphatic rings. The lowest BCUT2D eigenvalue weighted by atomic mass is 10.2. The van der Waals surface area contributed by atoms with Crippen LogP contribution in [0.4, 0.5) is 5.69 Å². The SMILES string of the molecule is COc1ccc(N(CC(O)CN(C)C)S(=O)(=O)c2ccc(C)cc2)cc1. The summed E-state index contributed by atoms with van der Waals surface area (Å²) in [4.78, 5) is 2.01. The molecule has 0 heterocycles. The number of aryl methyl sites for hydroxylation is 1. The van der Waals surface area contributed by atoms with E-state index in [2.05, 4.69) is 0 Å². The number of aliphatic hydroxyl groups excluding tert-OH is 1. The summed E-state index contributed by atoms with van der Waals surface area (Å²) in [6, 6.07) is 13.4. The Morgan fingerprint density at radius 1 is 1.00 bits per heavy atom. The van der Waals surface area contributed by atoms with Crippen molar-refractivity contribution in [3.8, 4) is 5.75 Å². The highest BCUT2D eigenvalue weighted by Gasteiger charge is 2.27. The minimum Gasteiger partial charge on any atom is -0.497 e. The molecule has 0 aromatic heterocycles. The number of anilines is 1. The summed E-state index contributed by atoms with van der Waals surface area (Å²) in [7, 11) is 1.40. The molecule has 0 spiro atoms. The topological polar surface area (TPSA) is 70.1 Å². The third-order valence-electron chi connectivity index (χ3n) is 3.92. The average Bonchev–Trinajstić information content (AvgIpc) is 2.59. The lowest BCUT2D eigenvalue weighted by Crippen LogP contribution is -2.41. The fraction of sp³-hybridized carbons (Fsp3) is 0.368. The Hall–Kier alpha value is -2.09. The van der Waals surface area contributed by atoms with Crippen molar-refractivity contribution in [1.82, 2.24) is 4.90 Å². The van der Waals surface area contributed by atoms with Gasteiger partial charge in [0.05, 0.1) is 30.3 Å². The van der Waals surface area contributed by atoms with Gasteiger partial charge < -0.3 is 14.7 Å². The first-order chi connectivity index (χ1) is 12.2. The fourth-order valence-electron chi connectivity index (χ4n) is 2.60. The highest BCUT2D eigenvalue weighted by molar-refractivity contribution is 7.92. The summed E-state index contributed by atoms with van der Waals surface area (Å²) in [5.74, 6) is 0.635. The summed E-state index contributed by atoms with van der Waals surface area (Å²) in [5.41, 5.74) is 1.46. The normalized spacial score (nSPS) is 12.8. The molecule has 1 atom stereocenters. The smallest absolute Gasteiger partial charge is 0.264 e. The minimum absolute atomic E-state index is 0.0410. The van der Waals surface area contributed by atoms with Gasteiger partial charge in [0.2, 0.25) is 0 Å². The number of benzene rings is 2. The number of likely N-dealkylation sites (N-methyl/N-ethyl adjacent to an activating group) is 1. The second-order valence-electron chi connectivity index (χ2n) is 6.46. The van der Waals surface area contributed by atoms with Crippen LogP contribution in [0.25, 0.3) is 0 Å². The molecule has 2 aromatic rings. The number of hydrogen-bond donors (Lipinski definition) is 1. The molecule has 2 aromatic carbocycles. The Morgan fingerprint density at radius 2 is 1.58 bits per heavy atom. The van der Waals surface area contributed by atoms with Crippen molar-refractivity contribution in [1.29, 1.82) is 0 Å². The van der Waals surface area contributed by atoms with Crippen molar-refractivity contribution >= 4 is 15.7 Å². The molecule has 0 amide bonds. The third-order valence-corrected chi connectivity index (χ3v) is 5.73. The molecule has 0 saturated carbocycles. The van der Waals surface area contributed by atoms with Crippen LogP contribution in [0, 0.1) is 6.92 Å². The quantitative estimate of drug-likeness (QED) is 0.762. The molecule has 0 radical (unpaired) electrons. The van der Waals surface area contributed by atoms with Gasteiger partial charge in [-0.2, -0.15) is 0 Å². The van der Waals surface area contributed by atoms with E-state index in [0.29, 0.717) is 18.0 Å². The molecule has 2 rings (SSSR count). The van der Waals surface area contributed by atoms with Crippen molar-refractivity contribution in [2.45, 2.75) is 17.9 Å². The van der Waals surface area contributed by atoms with E-state index in [0.717, 1.165) is 5.56 Å². The lowest BCUT2D eigenvalue weighted by molar-refractivity contribution is 0.145. The first-order valence-electron chi connectivity index (χ1n) is 8.30. The summed E-state index contributed by atoms with van der Waals surface area (Å²) in [6.45, 7) is 2.22. The predicted molar refractivity (Wildman–Crippen MR) is 103 cm³/mol. The van der Waals surface area contributed by atoms with Gasteiger partial charge in [0.15, 0.2) is 0 Å². The summed E-state index contributed by atoms with van der Waals surface area (Å²) in [5, 5.41) is 10.3. The minimum atomic E-state index is -3.81. The zero-order valence-electron chi connectivity index (χ0n) is 15.6. The van der Waals surface area contributed by atoms with Crippen LogP contribution < -0.4 is 9.04 Å². The molecule has 1 N–H and O–H groups in total. The summed E-state index contributed by atoms with van der Waals surface area (Å²) >= 11 is 0. The molecule has 6 nitrogen and oxygen atoms in total. The van der Waals surface area contributed by atoms with E-state index < -0.39 is 16.1 Å². The molecule has 0 aliphatic heterocycles. The molecule has 0 saturated heterocycles. The van der Waals surface area contributed by atoms with Gasteiger partial charge >= 0.3 is 0 Å². The number of aliphatic hydroxyl groups is 1. The largest absolute Gasteiger partial charge is 0.497 e. The van der Waals surface area contributed by atoms with Crippen molar-refractivity contribution in [3.05, 3.63) is 54.1 Å². The van der Waals surface area contributed by atoms with Gasteiger partial charge in [0.25, 0.3) is 10.0 Å². The number of methoxy groups -OCH3 is 1. The molecular formula is C19H26N2O4S. The van der Waals surface area contributed by atoms with Crippen LogP contribution in [0.3, 0.4) is 0 Å².